The van der Waals surface area contributed by atoms with Gasteiger partial charge in [0.05, 0.1) is 28.4 Å². The number of hydrogen-bond donors (Lipinski definition) is 1. The fourth-order valence-electron chi connectivity index (χ4n) is 3.34. The third-order valence-corrected chi connectivity index (χ3v) is 4.98. The van der Waals surface area contributed by atoms with Gasteiger partial charge in [0.2, 0.25) is 0 Å². The SMILES string of the molecule is COCC1=NN(c2ccc(F)cc2Cl)C(=O)[C@]12CC[C@H](N)CC2. The average molecular weight is 340 g/mol. The second-order valence-electron chi connectivity index (χ2n) is 6.11. The lowest BCUT2D eigenvalue weighted by Gasteiger charge is -2.35. The number of rotatable bonds is 3. The molecule has 1 fully saturated rings. The van der Waals surface area contributed by atoms with Gasteiger partial charge < -0.3 is 10.5 Å². The summed E-state index contributed by atoms with van der Waals surface area (Å²) in [6.07, 6.45) is 2.81. The summed E-state index contributed by atoms with van der Waals surface area (Å²) < 4.78 is 18.5. The Labute approximate surface area is 139 Å². The molecular formula is C16H19ClFN3O2. The normalized spacial score (nSPS) is 27.7. The van der Waals surface area contributed by atoms with Gasteiger partial charge in [-0.2, -0.15) is 10.1 Å². The molecule has 0 aromatic heterocycles. The Balaban J connectivity index is 1.99. The van der Waals surface area contributed by atoms with E-state index in [1.54, 1.807) is 7.11 Å². The van der Waals surface area contributed by atoms with Crippen LogP contribution in [0.1, 0.15) is 25.7 Å². The van der Waals surface area contributed by atoms with Crippen molar-refractivity contribution in [2.24, 2.45) is 16.3 Å². The fourth-order valence-corrected chi connectivity index (χ4v) is 3.59. The van der Waals surface area contributed by atoms with Crippen LogP contribution in [0, 0.1) is 11.2 Å². The first-order chi connectivity index (χ1) is 11.0. The minimum Gasteiger partial charge on any atom is -0.379 e. The molecule has 1 aromatic carbocycles. The Bertz CT molecular complexity index is 657. The number of methoxy groups -OCH3 is 1. The molecule has 3 rings (SSSR count). The second-order valence-corrected chi connectivity index (χ2v) is 6.52. The van der Waals surface area contributed by atoms with Crippen molar-refractivity contribution >= 4 is 28.9 Å². The lowest BCUT2D eigenvalue weighted by Crippen LogP contribution is -2.46. The van der Waals surface area contributed by atoms with Crippen LogP contribution in [0.15, 0.2) is 23.3 Å². The number of carbonyl (C=O) groups is 1. The van der Waals surface area contributed by atoms with Crippen LogP contribution in [0.5, 0.6) is 0 Å². The number of hydrazone groups is 1. The van der Waals surface area contributed by atoms with Gasteiger partial charge in [-0.15, -0.1) is 0 Å². The van der Waals surface area contributed by atoms with Crippen LogP contribution in [0.25, 0.3) is 0 Å². The Morgan fingerprint density at radius 3 is 2.78 bits per heavy atom. The molecule has 2 N–H and O–H groups in total. The molecule has 0 unspecified atom stereocenters. The number of ether oxygens (including phenoxy) is 1. The Kier molecular flexibility index (Phi) is 4.40. The lowest BCUT2D eigenvalue weighted by atomic mass is 9.69. The van der Waals surface area contributed by atoms with Crippen molar-refractivity contribution in [3.05, 3.63) is 29.0 Å². The molecule has 1 saturated carbocycles. The van der Waals surface area contributed by atoms with E-state index in [-0.39, 0.29) is 23.6 Å². The fraction of sp³-hybridized carbons (Fsp3) is 0.500. The molecule has 1 amide bonds. The molecule has 7 heteroatoms. The number of halogens is 2. The topological polar surface area (TPSA) is 67.9 Å². The zero-order chi connectivity index (χ0) is 16.6. The molecule has 23 heavy (non-hydrogen) atoms. The van der Waals surface area contributed by atoms with E-state index >= 15 is 0 Å². The van der Waals surface area contributed by atoms with Gasteiger partial charge in [-0.05, 0) is 43.9 Å². The number of hydrogen-bond acceptors (Lipinski definition) is 4. The van der Waals surface area contributed by atoms with Crippen molar-refractivity contribution in [3.63, 3.8) is 0 Å². The van der Waals surface area contributed by atoms with Gasteiger partial charge in [0, 0.05) is 13.2 Å². The molecule has 1 aliphatic heterocycles. The maximum atomic E-state index is 13.3. The molecule has 2 aliphatic rings. The van der Waals surface area contributed by atoms with Crippen molar-refractivity contribution < 1.29 is 13.9 Å². The van der Waals surface area contributed by atoms with Crippen LogP contribution >= 0.6 is 11.6 Å². The van der Waals surface area contributed by atoms with Gasteiger partial charge in [0.15, 0.2) is 0 Å². The summed E-state index contributed by atoms with van der Waals surface area (Å²) in [5.74, 6) is -0.588. The van der Waals surface area contributed by atoms with Gasteiger partial charge in [-0.3, -0.25) is 4.79 Å². The first-order valence-electron chi connectivity index (χ1n) is 7.60. The molecule has 0 saturated heterocycles. The van der Waals surface area contributed by atoms with E-state index in [1.807, 2.05) is 0 Å². The number of carbonyl (C=O) groups excluding carboxylic acids is 1. The molecule has 124 valence electrons. The second kappa shape index (κ2) is 6.19. The van der Waals surface area contributed by atoms with Gasteiger partial charge in [-0.25, -0.2) is 4.39 Å². The van der Waals surface area contributed by atoms with Crippen LogP contribution < -0.4 is 10.7 Å². The third kappa shape index (κ3) is 2.75. The highest BCUT2D eigenvalue weighted by molar-refractivity contribution is 6.34. The smallest absolute Gasteiger partial charge is 0.259 e. The van der Waals surface area contributed by atoms with E-state index in [0.29, 0.717) is 24.2 Å². The number of benzene rings is 1. The van der Waals surface area contributed by atoms with E-state index in [9.17, 15) is 9.18 Å². The number of nitrogens with zero attached hydrogens (tertiary/aromatic N) is 2. The summed E-state index contributed by atoms with van der Waals surface area (Å²) >= 11 is 6.10. The summed E-state index contributed by atoms with van der Waals surface area (Å²) in [4.78, 5) is 13.1. The molecule has 0 radical (unpaired) electrons. The quantitative estimate of drug-likeness (QED) is 0.920. The monoisotopic (exact) mass is 339 g/mol. The highest BCUT2D eigenvalue weighted by Gasteiger charge is 2.52. The average Bonchev–Trinajstić information content (AvgIpc) is 2.77. The van der Waals surface area contributed by atoms with Gasteiger partial charge in [0.1, 0.15) is 5.82 Å². The van der Waals surface area contributed by atoms with Gasteiger partial charge in [0.25, 0.3) is 5.91 Å². The van der Waals surface area contributed by atoms with E-state index in [4.69, 9.17) is 22.1 Å². The largest absolute Gasteiger partial charge is 0.379 e. The minimum absolute atomic E-state index is 0.112. The van der Waals surface area contributed by atoms with Gasteiger partial charge >= 0.3 is 0 Å². The van der Waals surface area contributed by atoms with Crippen molar-refractivity contribution in [2.75, 3.05) is 18.7 Å². The summed E-state index contributed by atoms with van der Waals surface area (Å²) in [7, 11) is 1.57. The predicted octanol–water partition coefficient (Wildman–Crippen LogP) is 2.72. The molecule has 1 heterocycles. The predicted molar refractivity (Wildman–Crippen MR) is 87.1 cm³/mol. The summed E-state index contributed by atoms with van der Waals surface area (Å²) in [5.41, 5.74) is 6.38. The zero-order valence-corrected chi connectivity index (χ0v) is 13.6. The molecule has 0 atom stereocenters. The van der Waals surface area contributed by atoms with E-state index < -0.39 is 11.2 Å². The van der Waals surface area contributed by atoms with E-state index in [2.05, 4.69) is 5.10 Å². The number of amides is 1. The number of nitrogens with two attached hydrogens (primary N) is 1. The van der Waals surface area contributed by atoms with Crippen LogP contribution in [0.4, 0.5) is 10.1 Å². The molecule has 1 spiro atoms. The van der Waals surface area contributed by atoms with Crippen LogP contribution in [0.2, 0.25) is 5.02 Å². The first-order valence-corrected chi connectivity index (χ1v) is 7.98. The maximum absolute atomic E-state index is 13.3. The lowest BCUT2D eigenvalue weighted by molar-refractivity contribution is -0.125. The molecule has 1 aliphatic carbocycles. The van der Waals surface area contributed by atoms with Crippen molar-refractivity contribution in [3.8, 4) is 0 Å². The maximum Gasteiger partial charge on any atom is 0.259 e. The molecule has 1 aromatic rings. The summed E-state index contributed by atoms with van der Waals surface area (Å²) in [6, 6.07) is 4.02. The van der Waals surface area contributed by atoms with E-state index in [1.165, 1.54) is 23.2 Å². The standard InChI is InChI=1S/C16H19ClFN3O2/c1-23-9-14-16(6-4-11(19)5-7-16)15(22)21(20-14)13-3-2-10(18)8-12(13)17/h2-3,8,11H,4-7,9,19H2,1H3/t11-,16-. The molecule has 5 nitrogen and oxygen atoms in total. The Hall–Kier alpha value is -1.50. The third-order valence-electron chi connectivity index (χ3n) is 4.68. The Morgan fingerprint density at radius 2 is 2.17 bits per heavy atom. The minimum atomic E-state index is -0.677. The number of anilines is 1. The van der Waals surface area contributed by atoms with Crippen molar-refractivity contribution in [1.82, 2.24) is 0 Å². The van der Waals surface area contributed by atoms with Crippen LogP contribution in [-0.4, -0.2) is 31.4 Å². The highest BCUT2D eigenvalue weighted by Crippen LogP contribution is 2.45. The van der Waals surface area contributed by atoms with Crippen molar-refractivity contribution in [2.45, 2.75) is 31.7 Å². The zero-order valence-electron chi connectivity index (χ0n) is 12.9. The molecular weight excluding hydrogens is 321 g/mol. The highest BCUT2D eigenvalue weighted by atomic mass is 35.5. The summed E-state index contributed by atoms with van der Waals surface area (Å²) in [6.45, 7) is 0.274. The van der Waals surface area contributed by atoms with Crippen LogP contribution in [0.3, 0.4) is 0 Å². The van der Waals surface area contributed by atoms with E-state index in [0.717, 1.165) is 12.8 Å². The Morgan fingerprint density at radius 1 is 1.48 bits per heavy atom. The molecule has 0 bridgehead atoms. The first kappa shape index (κ1) is 16.4. The van der Waals surface area contributed by atoms with Crippen LogP contribution in [-0.2, 0) is 9.53 Å². The summed E-state index contributed by atoms with van der Waals surface area (Å²) in [5, 5.41) is 5.89. The van der Waals surface area contributed by atoms with Crippen molar-refractivity contribution in [1.29, 1.82) is 0 Å². The van der Waals surface area contributed by atoms with Gasteiger partial charge in [-0.1, -0.05) is 11.6 Å².